The zero-order valence-electron chi connectivity index (χ0n) is 28.5. The molecule has 270 valence electrons. The normalized spacial score (nSPS) is 22.5. The predicted molar refractivity (Wildman–Crippen MR) is 189 cm³/mol. The number of hydrogen-bond donors (Lipinski definition) is 0. The third-order valence-corrected chi connectivity index (χ3v) is 11.8. The average molecular weight is 733 g/mol. The van der Waals surface area contributed by atoms with Crippen LogP contribution in [-0.2, 0) is 17.5 Å². The number of benzene rings is 2. The van der Waals surface area contributed by atoms with Crippen molar-refractivity contribution in [3.8, 4) is 23.1 Å². The van der Waals surface area contributed by atoms with E-state index in [9.17, 15) is 4.39 Å². The Balaban J connectivity index is 1.20. The summed E-state index contributed by atoms with van der Waals surface area (Å²) in [6, 6.07) is 13.0. The first-order valence-electron chi connectivity index (χ1n) is 17.7. The Labute approximate surface area is 300 Å². The fourth-order valence-electron chi connectivity index (χ4n) is 8.35. The van der Waals surface area contributed by atoms with Crippen LogP contribution in [0.5, 0.6) is 11.9 Å². The van der Waals surface area contributed by atoms with Gasteiger partial charge in [-0.3, -0.25) is 9.88 Å². The standard InChI is InChI=1S/C38H36F4N6O3S/c1-22-16-27-26(18-44-48(27)28-10-5-6-15-49-28)29(31(22)38(40,41)42)32-33-25(11-13-43-32)30-34(50-20-23-8-3-2-4-9-23)45-36(46-35(30)52-33)51-21-37-12-7-14-47(37)19-24(39)17-37/h2-4,8-9,11,13,16,18,24,28H,5-7,10,12,14-15,17,19-21H2,1H3/t24-,28?,37+/m1/s1. The molecule has 3 saturated heterocycles. The molecule has 1 unspecified atom stereocenters. The van der Waals surface area contributed by atoms with Crippen LogP contribution in [0.4, 0.5) is 17.6 Å². The summed E-state index contributed by atoms with van der Waals surface area (Å²) >= 11 is 1.21. The van der Waals surface area contributed by atoms with E-state index in [1.165, 1.54) is 30.7 Å². The minimum atomic E-state index is -4.67. The first-order valence-corrected chi connectivity index (χ1v) is 18.5. The molecule has 3 aliphatic heterocycles. The molecule has 0 amide bonds. The maximum Gasteiger partial charge on any atom is 0.417 e. The number of rotatable bonds is 8. The number of alkyl halides is 4. The van der Waals surface area contributed by atoms with E-state index in [4.69, 9.17) is 24.2 Å². The molecule has 3 aliphatic rings. The molecule has 0 saturated carbocycles. The van der Waals surface area contributed by atoms with Crippen molar-refractivity contribution in [2.24, 2.45) is 0 Å². The van der Waals surface area contributed by atoms with Crippen LogP contribution in [0, 0.1) is 6.92 Å². The first-order chi connectivity index (χ1) is 25.2. The minimum Gasteiger partial charge on any atom is -0.472 e. The van der Waals surface area contributed by atoms with Crippen LogP contribution >= 0.6 is 11.3 Å². The highest BCUT2D eigenvalue weighted by Crippen LogP contribution is 2.49. The van der Waals surface area contributed by atoms with E-state index in [0.29, 0.717) is 50.8 Å². The number of aromatic nitrogens is 5. The maximum atomic E-state index is 15.0. The fraction of sp³-hybridized carbons (Fsp3) is 0.421. The SMILES string of the molecule is Cc1cc2c(cnn2C2CCCCO2)c(-c2nccc3c2sc2nc(OC[C@@]45CCCN4C[C@H](F)C5)nc(OCc4ccccc4)c23)c1C(F)(F)F. The van der Waals surface area contributed by atoms with Crippen LogP contribution in [0.25, 0.3) is 42.5 Å². The van der Waals surface area contributed by atoms with Crippen LogP contribution < -0.4 is 9.47 Å². The monoisotopic (exact) mass is 732 g/mol. The number of halogens is 4. The molecular weight excluding hydrogens is 697 g/mol. The summed E-state index contributed by atoms with van der Waals surface area (Å²) in [6.07, 6.45) is 1.82. The molecule has 6 aromatic rings. The van der Waals surface area contributed by atoms with Gasteiger partial charge in [-0.1, -0.05) is 30.3 Å². The van der Waals surface area contributed by atoms with E-state index in [-0.39, 0.29) is 48.2 Å². The minimum absolute atomic E-state index is 0.0414. The lowest BCUT2D eigenvalue weighted by atomic mass is 9.94. The van der Waals surface area contributed by atoms with Crippen LogP contribution in [0.1, 0.15) is 61.4 Å². The summed E-state index contributed by atoms with van der Waals surface area (Å²) in [5.41, 5.74) is 0.478. The summed E-state index contributed by atoms with van der Waals surface area (Å²) in [4.78, 5) is 16.8. The molecule has 4 aromatic heterocycles. The van der Waals surface area contributed by atoms with Gasteiger partial charge >= 0.3 is 12.2 Å². The Hall–Kier alpha value is -4.40. The number of hydrogen-bond acceptors (Lipinski definition) is 9. The van der Waals surface area contributed by atoms with Crippen LogP contribution in [0.15, 0.2) is 54.9 Å². The maximum absolute atomic E-state index is 15.0. The van der Waals surface area contributed by atoms with E-state index in [0.717, 1.165) is 44.2 Å². The molecule has 3 atom stereocenters. The van der Waals surface area contributed by atoms with Crippen molar-refractivity contribution in [3.05, 3.63) is 71.5 Å². The van der Waals surface area contributed by atoms with Crippen molar-refractivity contribution >= 4 is 42.5 Å². The Morgan fingerprint density at radius 2 is 1.92 bits per heavy atom. The van der Waals surface area contributed by atoms with Crippen molar-refractivity contribution in [2.45, 2.75) is 76.2 Å². The van der Waals surface area contributed by atoms with Crippen molar-refractivity contribution in [3.63, 3.8) is 0 Å². The van der Waals surface area contributed by atoms with Crippen molar-refractivity contribution in [1.29, 1.82) is 0 Å². The second kappa shape index (κ2) is 12.9. The predicted octanol–water partition coefficient (Wildman–Crippen LogP) is 8.82. The third kappa shape index (κ3) is 5.75. The molecule has 0 spiro atoms. The molecule has 7 heterocycles. The van der Waals surface area contributed by atoms with E-state index < -0.39 is 23.5 Å². The Morgan fingerprint density at radius 1 is 1.06 bits per heavy atom. The van der Waals surface area contributed by atoms with E-state index in [1.807, 2.05) is 30.3 Å². The number of pyridine rings is 1. The number of thiophene rings is 1. The summed E-state index contributed by atoms with van der Waals surface area (Å²) in [5.74, 6) is 0.246. The van der Waals surface area contributed by atoms with E-state index in [1.54, 1.807) is 16.8 Å². The van der Waals surface area contributed by atoms with Gasteiger partial charge in [0, 0.05) is 42.1 Å². The number of ether oxygens (including phenoxy) is 3. The number of aryl methyl sites for hydroxylation is 1. The van der Waals surface area contributed by atoms with Gasteiger partial charge in [-0.25, -0.2) is 9.07 Å². The Bertz CT molecular complexity index is 2290. The highest BCUT2D eigenvalue weighted by molar-refractivity contribution is 7.26. The van der Waals surface area contributed by atoms with Gasteiger partial charge in [-0.05, 0) is 68.8 Å². The summed E-state index contributed by atoms with van der Waals surface area (Å²) in [6.45, 7) is 3.67. The summed E-state index contributed by atoms with van der Waals surface area (Å²) in [5, 5.41) is 6.07. The van der Waals surface area contributed by atoms with Crippen LogP contribution in [0.3, 0.4) is 0 Å². The van der Waals surface area contributed by atoms with Gasteiger partial charge in [0.15, 0.2) is 6.23 Å². The average Bonchev–Trinajstić information content (AvgIpc) is 3.90. The molecular formula is C38H36F4N6O3S. The van der Waals surface area contributed by atoms with Gasteiger partial charge < -0.3 is 14.2 Å². The smallest absolute Gasteiger partial charge is 0.417 e. The van der Waals surface area contributed by atoms with Gasteiger partial charge in [0.25, 0.3) is 0 Å². The van der Waals surface area contributed by atoms with Crippen LogP contribution in [-0.4, -0.2) is 67.6 Å². The molecule has 3 fully saturated rings. The first kappa shape index (κ1) is 33.4. The molecule has 0 radical (unpaired) electrons. The quantitative estimate of drug-likeness (QED) is 0.144. The van der Waals surface area contributed by atoms with Crippen molar-refractivity contribution < 1.29 is 31.8 Å². The molecule has 52 heavy (non-hydrogen) atoms. The highest BCUT2D eigenvalue weighted by atomic mass is 32.1. The fourth-order valence-corrected chi connectivity index (χ4v) is 9.49. The molecule has 0 N–H and O–H groups in total. The Kier molecular flexibility index (Phi) is 8.31. The zero-order chi connectivity index (χ0) is 35.6. The topological polar surface area (TPSA) is 87.4 Å². The van der Waals surface area contributed by atoms with Gasteiger partial charge in [0.05, 0.1) is 38.6 Å². The van der Waals surface area contributed by atoms with Crippen molar-refractivity contribution in [1.82, 2.24) is 29.6 Å². The lowest BCUT2D eigenvalue weighted by molar-refractivity contribution is -0.137. The molecule has 14 heteroatoms. The van der Waals surface area contributed by atoms with Gasteiger partial charge in [-0.15, -0.1) is 11.3 Å². The second-order valence-corrected chi connectivity index (χ2v) is 15.1. The van der Waals surface area contributed by atoms with Gasteiger partial charge in [0.2, 0.25) is 5.88 Å². The zero-order valence-corrected chi connectivity index (χ0v) is 29.3. The lowest BCUT2D eigenvalue weighted by Crippen LogP contribution is -2.43. The van der Waals surface area contributed by atoms with Crippen LogP contribution in [0.2, 0.25) is 0 Å². The molecule has 2 aromatic carbocycles. The molecule has 9 rings (SSSR count). The van der Waals surface area contributed by atoms with Gasteiger partial charge in [-0.2, -0.15) is 28.2 Å². The molecule has 0 bridgehead atoms. The second-order valence-electron chi connectivity index (χ2n) is 14.1. The summed E-state index contributed by atoms with van der Waals surface area (Å²) < 4.78 is 80.4. The Morgan fingerprint density at radius 3 is 2.73 bits per heavy atom. The van der Waals surface area contributed by atoms with Gasteiger partial charge in [0.1, 0.15) is 24.2 Å². The van der Waals surface area contributed by atoms with E-state index in [2.05, 4.69) is 15.0 Å². The molecule has 9 nitrogen and oxygen atoms in total. The molecule has 0 aliphatic carbocycles. The number of nitrogens with zero attached hydrogens (tertiary/aromatic N) is 6. The third-order valence-electron chi connectivity index (χ3n) is 10.7. The van der Waals surface area contributed by atoms with Crippen molar-refractivity contribution in [2.75, 3.05) is 26.3 Å². The lowest BCUT2D eigenvalue weighted by Gasteiger charge is -2.30. The largest absolute Gasteiger partial charge is 0.472 e. The van der Waals surface area contributed by atoms with E-state index >= 15 is 13.2 Å². The summed E-state index contributed by atoms with van der Waals surface area (Å²) in [7, 11) is 0. The highest BCUT2D eigenvalue weighted by Gasteiger charge is 2.49. The number of fused-ring (bicyclic) bond motifs is 5.